The summed E-state index contributed by atoms with van der Waals surface area (Å²) in [5.41, 5.74) is 7.76. The molecule has 0 unspecified atom stereocenters. The van der Waals surface area contributed by atoms with Crippen molar-refractivity contribution in [3.63, 3.8) is 0 Å². The van der Waals surface area contributed by atoms with Gasteiger partial charge >= 0.3 is 0 Å². The van der Waals surface area contributed by atoms with E-state index in [-0.39, 0.29) is 0 Å². The number of ether oxygens (including phenoxy) is 1. The van der Waals surface area contributed by atoms with Gasteiger partial charge in [-0.3, -0.25) is 5.10 Å². The van der Waals surface area contributed by atoms with Gasteiger partial charge in [-0.05, 0) is 12.1 Å². The monoisotopic (exact) mass is 230 g/mol. The minimum Gasteiger partial charge on any atom is -0.497 e. The molecule has 0 aliphatic rings. The molecule has 3 N–H and O–H groups in total. The molecule has 86 valence electrons. The number of nitrogens with zero attached hydrogens (tertiary/aromatic N) is 2. The minimum atomic E-state index is 0.434. The quantitative estimate of drug-likeness (QED) is 0.700. The zero-order valence-corrected chi connectivity index (χ0v) is 9.10. The number of aromatic amines is 1. The van der Waals surface area contributed by atoms with Gasteiger partial charge in [-0.2, -0.15) is 5.10 Å². The number of nitrogen functional groups attached to an aromatic ring is 1. The Balaban J connectivity index is 2.17. The molecule has 0 radical (unpaired) electrons. The van der Waals surface area contributed by atoms with E-state index in [9.17, 15) is 0 Å². The van der Waals surface area contributed by atoms with Crippen molar-refractivity contribution >= 4 is 16.9 Å². The van der Waals surface area contributed by atoms with Crippen LogP contribution in [0.5, 0.6) is 5.75 Å². The molecular weight excluding hydrogens is 220 g/mol. The van der Waals surface area contributed by atoms with Crippen LogP contribution >= 0.6 is 0 Å². The van der Waals surface area contributed by atoms with Crippen LogP contribution in [0.4, 0.5) is 5.82 Å². The number of nitrogens with two attached hydrogens (primary N) is 1. The molecular formula is C11H10N4O2. The molecule has 0 fully saturated rings. The fourth-order valence-electron chi connectivity index (χ4n) is 1.62. The molecule has 0 aliphatic carbocycles. The van der Waals surface area contributed by atoms with Gasteiger partial charge in [0, 0.05) is 6.07 Å². The SMILES string of the molecule is COc1ccc2oc(-c3cn[nH]c3N)nc2c1. The second-order valence-electron chi connectivity index (χ2n) is 3.55. The highest BCUT2D eigenvalue weighted by molar-refractivity contribution is 5.79. The molecule has 6 nitrogen and oxygen atoms in total. The maximum absolute atomic E-state index is 5.71. The number of benzene rings is 1. The third-order valence-corrected chi connectivity index (χ3v) is 2.49. The maximum atomic E-state index is 5.71. The number of fused-ring (bicyclic) bond motifs is 1. The van der Waals surface area contributed by atoms with Crippen molar-refractivity contribution in [2.75, 3.05) is 12.8 Å². The average Bonchev–Trinajstić information content (AvgIpc) is 2.93. The van der Waals surface area contributed by atoms with Gasteiger partial charge in [0.05, 0.1) is 18.9 Å². The number of hydrogen-bond acceptors (Lipinski definition) is 5. The van der Waals surface area contributed by atoms with Crippen LogP contribution < -0.4 is 10.5 Å². The normalized spacial score (nSPS) is 10.9. The number of anilines is 1. The lowest BCUT2D eigenvalue weighted by Crippen LogP contribution is -1.87. The molecule has 0 saturated carbocycles. The molecule has 0 amide bonds. The lowest BCUT2D eigenvalue weighted by molar-refractivity contribution is 0.415. The number of nitrogens with one attached hydrogen (secondary N) is 1. The number of methoxy groups -OCH3 is 1. The van der Waals surface area contributed by atoms with Crippen LogP contribution in [0.1, 0.15) is 0 Å². The Morgan fingerprint density at radius 1 is 1.41 bits per heavy atom. The fourth-order valence-corrected chi connectivity index (χ4v) is 1.62. The smallest absolute Gasteiger partial charge is 0.232 e. The van der Waals surface area contributed by atoms with Gasteiger partial charge in [0.25, 0.3) is 0 Å². The van der Waals surface area contributed by atoms with Gasteiger partial charge in [-0.25, -0.2) is 4.98 Å². The van der Waals surface area contributed by atoms with Gasteiger partial charge in [-0.15, -0.1) is 0 Å². The molecule has 3 aromatic rings. The van der Waals surface area contributed by atoms with Crippen LogP contribution in [0.25, 0.3) is 22.6 Å². The van der Waals surface area contributed by atoms with Crippen molar-refractivity contribution in [3.05, 3.63) is 24.4 Å². The lowest BCUT2D eigenvalue weighted by Gasteiger charge is -1.95. The van der Waals surface area contributed by atoms with Gasteiger partial charge in [0.2, 0.25) is 5.89 Å². The van der Waals surface area contributed by atoms with E-state index in [0.717, 1.165) is 11.3 Å². The first-order valence-electron chi connectivity index (χ1n) is 5.02. The highest BCUT2D eigenvalue weighted by Crippen LogP contribution is 2.28. The van der Waals surface area contributed by atoms with Crippen LogP contribution in [0, 0.1) is 0 Å². The Kier molecular flexibility index (Phi) is 2.01. The summed E-state index contributed by atoms with van der Waals surface area (Å²) in [5.74, 6) is 1.61. The first-order valence-corrected chi connectivity index (χ1v) is 5.02. The van der Waals surface area contributed by atoms with Crippen LogP contribution in [-0.4, -0.2) is 22.3 Å². The van der Waals surface area contributed by atoms with E-state index in [1.807, 2.05) is 6.07 Å². The Bertz CT molecular complexity index is 671. The topological polar surface area (TPSA) is 90.0 Å². The van der Waals surface area contributed by atoms with Crippen molar-refractivity contribution in [2.45, 2.75) is 0 Å². The lowest BCUT2D eigenvalue weighted by atomic mass is 10.3. The molecule has 0 aliphatic heterocycles. The van der Waals surface area contributed by atoms with Gasteiger partial charge < -0.3 is 14.9 Å². The summed E-state index contributed by atoms with van der Waals surface area (Å²) < 4.78 is 10.7. The molecule has 6 heteroatoms. The second-order valence-corrected chi connectivity index (χ2v) is 3.55. The minimum absolute atomic E-state index is 0.434. The van der Waals surface area contributed by atoms with E-state index in [0.29, 0.717) is 22.9 Å². The summed E-state index contributed by atoms with van der Waals surface area (Å²) in [6, 6.07) is 5.43. The molecule has 0 atom stereocenters. The maximum Gasteiger partial charge on any atom is 0.232 e. The molecule has 0 saturated heterocycles. The average molecular weight is 230 g/mol. The molecule has 2 aromatic heterocycles. The molecule has 0 bridgehead atoms. The number of hydrogen-bond donors (Lipinski definition) is 2. The predicted octanol–water partition coefficient (Wildman–Crippen LogP) is 1.81. The Morgan fingerprint density at radius 2 is 2.29 bits per heavy atom. The predicted molar refractivity (Wildman–Crippen MR) is 62.6 cm³/mol. The van der Waals surface area contributed by atoms with Crippen molar-refractivity contribution in [2.24, 2.45) is 0 Å². The standard InChI is InChI=1S/C11H10N4O2/c1-16-6-2-3-9-8(4-6)14-11(17-9)7-5-13-15-10(7)12/h2-5H,1H3,(H3,12,13,15). The first-order chi connectivity index (χ1) is 8.28. The highest BCUT2D eigenvalue weighted by atomic mass is 16.5. The number of rotatable bonds is 2. The number of aromatic nitrogens is 3. The third kappa shape index (κ3) is 1.50. The molecule has 2 heterocycles. The Morgan fingerprint density at radius 3 is 3.00 bits per heavy atom. The van der Waals surface area contributed by atoms with E-state index in [4.69, 9.17) is 14.9 Å². The van der Waals surface area contributed by atoms with Crippen molar-refractivity contribution in [3.8, 4) is 17.2 Å². The van der Waals surface area contributed by atoms with Crippen molar-refractivity contribution < 1.29 is 9.15 Å². The third-order valence-electron chi connectivity index (χ3n) is 2.49. The molecule has 0 spiro atoms. The second kappa shape index (κ2) is 3.51. The van der Waals surface area contributed by atoms with E-state index in [1.165, 1.54) is 0 Å². The van der Waals surface area contributed by atoms with Crippen molar-refractivity contribution in [1.29, 1.82) is 0 Å². The van der Waals surface area contributed by atoms with Crippen LogP contribution in [0.2, 0.25) is 0 Å². The van der Waals surface area contributed by atoms with Crippen LogP contribution in [-0.2, 0) is 0 Å². The van der Waals surface area contributed by atoms with E-state index >= 15 is 0 Å². The van der Waals surface area contributed by atoms with E-state index < -0.39 is 0 Å². The van der Waals surface area contributed by atoms with E-state index in [2.05, 4.69) is 15.2 Å². The summed E-state index contributed by atoms with van der Waals surface area (Å²) in [6.07, 6.45) is 1.58. The zero-order chi connectivity index (χ0) is 11.8. The molecule has 17 heavy (non-hydrogen) atoms. The van der Waals surface area contributed by atoms with Gasteiger partial charge in [-0.1, -0.05) is 0 Å². The summed E-state index contributed by atoms with van der Waals surface area (Å²) in [4.78, 5) is 4.34. The highest BCUT2D eigenvalue weighted by Gasteiger charge is 2.12. The van der Waals surface area contributed by atoms with Gasteiger partial charge in [0.1, 0.15) is 17.1 Å². The first kappa shape index (κ1) is 9.71. The van der Waals surface area contributed by atoms with Crippen LogP contribution in [0.3, 0.4) is 0 Å². The van der Waals surface area contributed by atoms with Crippen LogP contribution in [0.15, 0.2) is 28.8 Å². The summed E-state index contributed by atoms with van der Waals surface area (Å²) in [5, 5.41) is 6.46. The molecule has 1 aromatic carbocycles. The summed E-state index contributed by atoms with van der Waals surface area (Å²) in [6.45, 7) is 0. The molecule has 3 rings (SSSR count). The summed E-state index contributed by atoms with van der Waals surface area (Å²) in [7, 11) is 1.61. The number of H-pyrrole nitrogens is 1. The fraction of sp³-hybridized carbons (Fsp3) is 0.0909. The Hall–Kier alpha value is -2.50. The Labute approximate surface area is 96.4 Å². The largest absolute Gasteiger partial charge is 0.497 e. The van der Waals surface area contributed by atoms with E-state index in [1.54, 1.807) is 25.4 Å². The zero-order valence-electron chi connectivity index (χ0n) is 9.10. The van der Waals surface area contributed by atoms with Gasteiger partial charge in [0.15, 0.2) is 5.58 Å². The summed E-state index contributed by atoms with van der Waals surface area (Å²) >= 11 is 0. The number of oxazole rings is 1. The van der Waals surface area contributed by atoms with Crippen molar-refractivity contribution in [1.82, 2.24) is 15.2 Å².